The van der Waals surface area contributed by atoms with Crippen molar-refractivity contribution in [1.29, 1.82) is 0 Å². The smallest absolute Gasteiger partial charge is 0.332 e. The summed E-state index contributed by atoms with van der Waals surface area (Å²) in [7, 11) is 0. The maximum Gasteiger partial charge on any atom is 0.332 e. The molecule has 6 nitrogen and oxygen atoms in total. The van der Waals surface area contributed by atoms with Gasteiger partial charge in [-0.15, -0.1) is 0 Å². The number of carboxylic acids is 1. The zero-order chi connectivity index (χ0) is 15.4. The molecule has 1 saturated heterocycles. The SMILES string of the molecule is O=C(NCC1CCC(C(=O)O)O1)Nc1cc(Br)ccc1Cl. The van der Waals surface area contributed by atoms with Crippen LogP contribution in [-0.4, -0.2) is 35.9 Å². The van der Waals surface area contributed by atoms with Crippen molar-refractivity contribution in [3.63, 3.8) is 0 Å². The average molecular weight is 378 g/mol. The third-order valence-electron chi connectivity index (χ3n) is 3.05. The van der Waals surface area contributed by atoms with Crippen molar-refractivity contribution < 1.29 is 19.4 Å². The number of ether oxygens (including phenoxy) is 1. The molecule has 1 fully saturated rings. The fourth-order valence-electron chi connectivity index (χ4n) is 2.00. The van der Waals surface area contributed by atoms with E-state index in [1.807, 2.05) is 0 Å². The van der Waals surface area contributed by atoms with Gasteiger partial charge in [0.05, 0.1) is 16.8 Å². The van der Waals surface area contributed by atoms with Gasteiger partial charge < -0.3 is 20.5 Å². The van der Waals surface area contributed by atoms with Crippen LogP contribution in [0.3, 0.4) is 0 Å². The molecule has 2 amide bonds. The Balaban J connectivity index is 1.80. The molecule has 0 radical (unpaired) electrons. The Labute approximate surface area is 134 Å². The molecule has 1 aliphatic rings. The molecule has 1 heterocycles. The molecule has 0 aliphatic carbocycles. The minimum Gasteiger partial charge on any atom is -0.479 e. The van der Waals surface area contributed by atoms with Crippen molar-refractivity contribution in [2.75, 3.05) is 11.9 Å². The predicted molar refractivity (Wildman–Crippen MR) is 81.7 cm³/mol. The lowest BCUT2D eigenvalue weighted by Gasteiger charge is -2.13. The van der Waals surface area contributed by atoms with Crippen molar-refractivity contribution in [2.45, 2.75) is 25.0 Å². The van der Waals surface area contributed by atoms with E-state index in [4.69, 9.17) is 21.4 Å². The summed E-state index contributed by atoms with van der Waals surface area (Å²) in [6.45, 7) is 0.251. The minimum atomic E-state index is -0.970. The normalized spacial score (nSPS) is 21.0. The highest BCUT2D eigenvalue weighted by molar-refractivity contribution is 9.10. The van der Waals surface area contributed by atoms with Crippen LogP contribution in [0.15, 0.2) is 22.7 Å². The highest BCUT2D eigenvalue weighted by Gasteiger charge is 2.30. The number of anilines is 1. The van der Waals surface area contributed by atoms with Gasteiger partial charge in [0.2, 0.25) is 0 Å². The third-order valence-corrected chi connectivity index (χ3v) is 3.87. The highest BCUT2D eigenvalue weighted by Crippen LogP contribution is 2.25. The fraction of sp³-hybridized carbons (Fsp3) is 0.385. The molecule has 2 unspecified atom stereocenters. The maximum atomic E-state index is 11.8. The number of carboxylic acid groups (broad SMARTS) is 1. The molecule has 2 atom stereocenters. The molecule has 1 aliphatic heterocycles. The quantitative estimate of drug-likeness (QED) is 0.753. The first-order valence-electron chi connectivity index (χ1n) is 6.34. The number of rotatable bonds is 4. The van der Waals surface area contributed by atoms with Gasteiger partial charge in [-0.1, -0.05) is 27.5 Å². The van der Waals surface area contributed by atoms with Crippen LogP contribution >= 0.6 is 27.5 Å². The van der Waals surface area contributed by atoms with Crippen molar-refractivity contribution in [1.82, 2.24) is 5.32 Å². The summed E-state index contributed by atoms with van der Waals surface area (Å²) in [6, 6.07) is 4.70. The van der Waals surface area contributed by atoms with Crippen molar-refractivity contribution >= 4 is 45.2 Å². The number of hydrogen-bond acceptors (Lipinski definition) is 3. The summed E-state index contributed by atoms with van der Waals surface area (Å²) in [5, 5.41) is 14.5. The van der Waals surface area contributed by atoms with Gasteiger partial charge in [0.1, 0.15) is 0 Å². The molecule has 1 aromatic rings. The number of benzene rings is 1. The van der Waals surface area contributed by atoms with Crippen LogP contribution in [-0.2, 0) is 9.53 Å². The lowest BCUT2D eigenvalue weighted by Crippen LogP contribution is -2.36. The Morgan fingerprint density at radius 3 is 2.86 bits per heavy atom. The minimum absolute atomic E-state index is 0.251. The maximum absolute atomic E-state index is 11.8. The summed E-state index contributed by atoms with van der Waals surface area (Å²) in [4.78, 5) is 22.5. The standard InChI is InChI=1S/C13H14BrClN2O4/c14-7-1-3-9(15)10(5-7)17-13(20)16-6-8-2-4-11(21-8)12(18)19/h1,3,5,8,11H,2,4,6H2,(H,18,19)(H2,16,17,20). The number of nitrogens with one attached hydrogen (secondary N) is 2. The van der Waals surface area contributed by atoms with Gasteiger partial charge in [-0.3, -0.25) is 0 Å². The van der Waals surface area contributed by atoms with Crippen molar-refractivity contribution in [3.8, 4) is 0 Å². The second-order valence-corrected chi connectivity index (χ2v) is 5.94. The topological polar surface area (TPSA) is 87.7 Å². The molecular formula is C13H14BrClN2O4. The van der Waals surface area contributed by atoms with Crippen LogP contribution in [0.5, 0.6) is 0 Å². The van der Waals surface area contributed by atoms with Crippen molar-refractivity contribution in [2.24, 2.45) is 0 Å². The number of hydrogen-bond donors (Lipinski definition) is 3. The Morgan fingerprint density at radius 1 is 1.43 bits per heavy atom. The number of carbonyl (C=O) groups is 2. The lowest BCUT2D eigenvalue weighted by atomic mass is 10.2. The summed E-state index contributed by atoms with van der Waals surface area (Å²) in [5.41, 5.74) is 0.485. The van der Waals surface area contributed by atoms with Crippen LogP contribution < -0.4 is 10.6 Å². The molecule has 0 spiro atoms. The number of amides is 2. The van der Waals surface area contributed by atoms with Gasteiger partial charge in [0.15, 0.2) is 6.10 Å². The van der Waals surface area contributed by atoms with Crippen molar-refractivity contribution in [3.05, 3.63) is 27.7 Å². The summed E-state index contributed by atoms with van der Waals surface area (Å²) >= 11 is 9.26. The predicted octanol–water partition coefficient (Wildman–Crippen LogP) is 2.86. The van der Waals surface area contributed by atoms with Crippen LogP contribution in [0.25, 0.3) is 0 Å². The van der Waals surface area contributed by atoms with Gasteiger partial charge in [-0.05, 0) is 31.0 Å². The fourth-order valence-corrected chi connectivity index (χ4v) is 2.53. The Hall–Kier alpha value is -1.31. The van der Waals surface area contributed by atoms with E-state index in [2.05, 4.69) is 26.6 Å². The van der Waals surface area contributed by atoms with Gasteiger partial charge in [-0.2, -0.15) is 0 Å². The molecule has 0 bridgehead atoms. The summed E-state index contributed by atoms with van der Waals surface area (Å²) in [5.74, 6) is -0.970. The van der Waals surface area contributed by atoms with E-state index in [1.54, 1.807) is 18.2 Å². The Morgan fingerprint density at radius 2 is 2.19 bits per heavy atom. The van der Waals surface area contributed by atoms with Gasteiger partial charge in [0, 0.05) is 11.0 Å². The summed E-state index contributed by atoms with van der Waals surface area (Å²) in [6.07, 6.45) is 0.00421. The zero-order valence-corrected chi connectivity index (χ0v) is 13.3. The first-order valence-corrected chi connectivity index (χ1v) is 7.51. The molecule has 114 valence electrons. The molecule has 0 aromatic heterocycles. The first-order chi connectivity index (χ1) is 9.95. The van der Waals surface area contributed by atoms with E-state index >= 15 is 0 Å². The highest BCUT2D eigenvalue weighted by atomic mass is 79.9. The monoisotopic (exact) mass is 376 g/mol. The molecule has 0 saturated carbocycles. The van der Waals surface area contributed by atoms with E-state index < -0.39 is 18.1 Å². The van der Waals surface area contributed by atoms with Crippen LogP contribution in [0, 0.1) is 0 Å². The molecule has 8 heteroatoms. The second-order valence-electron chi connectivity index (χ2n) is 4.62. The second kappa shape index (κ2) is 7.11. The molecular weight excluding hydrogens is 364 g/mol. The Bertz CT molecular complexity index is 555. The van der Waals surface area contributed by atoms with E-state index in [0.29, 0.717) is 23.6 Å². The van der Waals surface area contributed by atoms with E-state index in [1.165, 1.54) is 0 Å². The molecule has 21 heavy (non-hydrogen) atoms. The van der Waals surface area contributed by atoms with E-state index in [9.17, 15) is 9.59 Å². The van der Waals surface area contributed by atoms with Crippen LogP contribution in [0.1, 0.15) is 12.8 Å². The number of halogens is 2. The number of carbonyl (C=O) groups excluding carboxylic acids is 1. The van der Waals surface area contributed by atoms with Crippen LogP contribution in [0.4, 0.5) is 10.5 Å². The van der Waals surface area contributed by atoms with E-state index in [-0.39, 0.29) is 12.6 Å². The largest absolute Gasteiger partial charge is 0.479 e. The van der Waals surface area contributed by atoms with Crippen LogP contribution in [0.2, 0.25) is 5.02 Å². The Kier molecular flexibility index (Phi) is 5.44. The average Bonchev–Trinajstić information content (AvgIpc) is 2.90. The lowest BCUT2D eigenvalue weighted by molar-refractivity contribution is -0.149. The number of urea groups is 1. The van der Waals surface area contributed by atoms with Gasteiger partial charge in [0.25, 0.3) is 0 Å². The zero-order valence-electron chi connectivity index (χ0n) is 10.9. The van der Waals surface area contributed by atoms with Gasteiger partial charge in [-0.25, -0.2) is 9.59 Å². The third kappa shape index (κ3) is 4.59. The summed E-state index contributed by atoms with van der Waals surface area (Å²) < 4.78 is 6.09. The first kappa shape index (κ1) is 16.1. The number of aliphatic carboxylic acids is 1. The molecule has 2 rings (SSSR count). The van der Waals surface area contributed by atoms with Gasteiger partial charge >= 0.3 is 12.0 Å². The molecule has 3 N–H and O–H groups in total. The van der Waals surface area contributed by atoms with E-state index in [0.717, 1.165) is 4.47 Å². The molecule has 1 aromatic carbocycles.